The topological polar surface area (TPSA) is 20.2 Å². The van der Waals surface area contributed by atoms with Gasteiger partial charge in [-0.2, -0.15) is 0 Å². The lowest BCUT2D eigenvalue weighted by Crippen LogP contribution is -1.76. The number of halogens is 1. The highest BCUT2D eigenvalue weighted by Crippen LogP contribution is 1.95. The largest absolute Gasteiger partial charge is 0.391 e. The van der Waals surface area contributed by atoms with Crippen molar-refractivity contribution in [3.05, 3.63) is 11.1 Å². The SMILES string of the molecule is CC=C(Cl)CO. The molecule has 1 nitrogen and oxygen atoms in total. The number of allylic oxidation sites excluding steroid dienone is 1. The van der Waals surface area contributed by atoms with Gasteiger partial charge in [0.25, 0.3) is 0 Å². The van der Waals surface area contributed by atoms with Gasteiger partial charge in [-0.15, -0.1) is 0 Å². The van der Waals surface area contributed by atoms with Gasteiger partial charge < -0.3 is 5.11 Å². The Balaban J connectivity index is 3.22. The minimum Gasteiger partial charge on any atom is -0.391 e. The number of aliphatic hydroxyl groups is 1. The molecule has 0 aromatic rings. The molecule has 0 heterocycles. The van der Waals surface area contributed by atoms with Crippen molar-refractivity contribution in [3.63, 3.8) is 0 Å². The molecule has 0 fully saturated rings. The molecule has 0 atom stereocenters. The van der Waals surface area contributed by atoms with E-state index in [1.165, 1.54) is 0 Å². The fraction of sp³-hybridized carbons (Fsp3) is 0.500. The predicted octanol–water partition coefficient (Wildman–Crippen LogP) is 1.12. The number of hydrogen-bond donors (Lipinski definition) is 1. The Morgan fingerprint density at radius 1 is 2.00 bits per heavy atom. The molecule has 1 N–H and O–H groups in total. The van der Waals surface area contributed by atoms with Crippen molar-refractivity contribution in [2.45, 2.75) is 6.92 Å². The fourth-order valence-electron chi connectivity index (χ4n) is 0.0913. The maximum absolute atomic E-state index is 8.13. The summed E-state index contributed by atoms with van der Waals surface area (Å²) < 4.78 is 0. The van der Waals surface area contributed by atoms with Gasteiger partial charge >= 0.3 is 0 Å². The van der Waals surface area contributed by atoms with Crippen molar-refractivity contribution in [1.82, 2.24) is 0 Å². The van der Waals surface area contributed by atoms with Crippen molar-refractivity contribution in [3.8, 4) is 0 Å². The van der Waals surface area contributed by atoms with Gasteiger partial charge in [0.15, 0.2) is 0 Å². The molecule has 2 heteroatoms. The van der Waals surface area contributed by atoms with E-state index < -0.39 is 0 Å². The lowest BCUT2D eigenvalue weighted by molar-refractivity contribution is 0.338. The van der Waals surface area contributed by atoms with Crippen LogP contribution in [0.15, 0.2) is 11.1 Å². The van der Waals surface area contributed by atoms with Crippen LogP contribution in [-0.2, 0) is 0 Å². The van der Waals surface area contributed by atoms with Crippen molar-refractivity contribution in [2.75, 3.05) is 6.61 Å². The lowest BCUT2D eigenvalue weighted by Gasteiger charge is -1.81. The first-order valence-electron chi connectivity index (χ1n) is 1.72. The van der Waals surface area contributed by atoms with Gasteiger partial charge in [-0.05, 0) is 6.92 Å². The first-order valence-corrected chi connectivity index (χ1v) is 2.10. The summed E-state index contributed by atoms with van der Waals surface area (Å²) in [6.45, 7) is 1.73. The summed E-state index contributed by atoms with van der Waals surface area (Å²) in [6.07, 6.45) is 1.65. The highest BCUT2D eigenvalue weighted by atomic mass is 35.5. The fourth-order valence-corrected chi connectivity index (χ4v) is 0.0913. The van der Waals surface area contributed by atoms with Crippen molar-refractivity contribution in [2.24, 2.45) is 0 Å². The zero-order valence-electron chi connectivity index (χ0n) is 3.61. The Morgan fingerprint density at radius 3 is 2.50 bits per heavy atom. The monoisotopic (exact) mass is 106 g/mol. The maximum Gasteiger partial charge on any atom is 0.0784 e. The van der Waals surface area contributed by atoms with Crippen LogP contribution in [0.5, 0.6) is 0 Å². The van der Waals surface area contributed by atoms with Crippen molar-refractivity contribution >= 4 is 11.6 Å². The van der Waals surface area contributed by atoms with Gasteiger partial charge in [0.2, 0.25) is 0 Å². The normalized spacial score (nSPS) is 12.2. The molecule has 6 heavy (non-hydrogen) atoms. The zero-order chi connectivity index (χ0) is 4.99. The molecule has 0 aliphatic carbocycles. The van der Waals surface area contributed by atoms with Crippen LogP contribution in [0.25, 0.3) is 0 Å². The predicted molar refractivity (Wildman–Crippen MR) is 26.7 cm³/mol. The Labute approximate surface area is 42.2 Å². The molecule has 0 unspecified atom stereocenters. The van der Waals surface area contributed by atoms with Crippen LogP contribution in [0.2, 0.25) is 0 Å². The van der Waals surface area contributed by atoms with E-state index in [1.54, 1.807) is 13.0 Å². The van der Waals surface area contributed by atoms with E-state index in [0.29, 0.717) is 5.03 Å². The molecule has 0 saturated carbocycles. The average Bonchev–Trinajstić information content (AvgIpc) is 1.65. The van der Waals surface area contributed by atoms with Crippen molar-refractivity contribution in [1.29, 1.82) is 0 Å². The van der Waals surface area contributed by atoms with Crippen molar-refractivity contribution < 1.29 is 5.11 Å². The second kappa shape index (κ2) is 3.19. The summed E-state index contributed by atoms with van der Waals surface area (Å²) in [5.41, 5.74) is 0. The van der Waals surface area contributed by atoms with Gasteiger partial charge in [-0.3, -0.25) is 0 Å². The highest BCUT2D eigenvalue weighted by Gasteiger charge is 1.78. The average molecular weight is 107 g/mol. The molecule has 36 valence electrons. The first-order chi connectivity index (χ1) is 2.81. The maximum atomic E-state index is 8.13. The minimum atomic E-state index is -0.0436. The highest BCUT2D eigenvalue weighted by molar-refractivity contribution is 6.29. The molecule has 0 spiro atoms. The van der Waals surface area contributed by atoms with Crippen LogP contribution in [0.3, 0.4) is 0 Å². The third kappa shape index (κ3) is 2.24. The molecule has 0 radical (unpaired) electrons. The molecule has 0 aromatic carbocycles. The summed E-state index contributed by atoms with van der Waals surface area (Å²) in [5, 5.41) is 8.63. The summed E-state index contributed by atoms with van der Waals surface area (Å²) in [6, 6.07) is 0. The standard InChI is InChI=1S/C4H7ClO/c1-2-4(5)3-6/h2,6H,3H2,1H3. The summed E-state index contributed by atoms with van der Waals surface area (Å²) in [5.74, 6) is 0. The molecule has 0 aliphatic rings. The van der Waals surface area contributed by atoms with Gasteiger partial charge in [0, 0.05) is 5.03 Å². The summed E-state index contributed by atoms with van der Waals surface area (Å²) in [4.78, 5) is 0. The summed E-state index contributed by atoms with van der Waals surface area (Å²) in [7, 11) is 0. The molecule has 0 amide bonds. The van der Waals surface area contributed by atoms with Crippen LogP contribution >= 0.6 is 11.6 Å². The number of aliphatic hydroxyl groups excluding tert-OH is 1. The molecular formula is C4H7ClO. The molecular weight excluding hydrogens is 99.5 g/mol. The van der Waals surface area contributed by atoms with E-state index >= 15 is 0 Å². The van der Waals surface area contributed by atoms with E-state index in [4.69, 9.17) is 16.7 Å². The third-order valence-electron chi connectivity index (χ3n) is 0.464. The van der Waals surface area contributed by atoms with E-state index in [-0.39, 0.29) is 6.61 Å². The second-order valence-electron chi connectivity index (χ2n) is 0.894. The van der Waals surface area contributed by atoms with E-state index in [1.807, 2.05) is 0 Å². The Hall–Kier alpha value is -0.0100. The van der Waals surface area contributed by atoms with E-state index in [0.717, 1.165) is 0 Å². The Kier molecular flexibility index (Phi) is 3.19. The second-order valence-corrected chi connectivity index (χ2v) is 1.38. The first kappa shape index (κ1) is 5.99. The van der Waals surface area contributed by atoms with Gasteiger partial charge in [0.05, 0.1) is 6.61 Å². The van der Waals surface area contributed by atoms with Gasteiger partial charge in [-0.1, -0.05) is 17.7 Å². The summed E-state index contributed by atoms with van der Waals surface area (Å²) >= 11 is 5.26. The minimum absolute atomic E-state index is 0.0436. The van der Waals surface area contributed by atoms with Gasteiger partial charge in [-0.25, -0.2) is 0 Å². The van der Waals surface area contributed by atoms with Crippen LogP contribution in [-0.4, -0.2) is 11.7 Å². The van der Waals surface area contributed by atoms with E-state index in [2.05, 4.69) is 0 Å². The quantitative estimate of drug-likeness (QED) is 0.531. The molecule has 0 aromatic heterocycles. The van der Waals surface area contributed by atoms with Crippen LogP contribution in [0.1, 0.15) is 6.92 Å². The third-order valence-corrected chi connectivity index (χ3v) is 0.802. The molecule has 0 saturated heterocycles. The van der Waals surface area contributed by atoms with Crippen LogP contribution < -0.4 is 0 Å². The number of rotatable bonds is 1. The molecule has 0 aliphatic heterocycles. The smallest absolute Gasteiger partial charge is 0.0784 e. The van der Waals surface area contributed by atoms with Crippen LogP contribution in [0.4, 0.5) is 0 Å². The van der Waals surface area contributed by atoms with Crippen LogP contribution in [0, 0.1) is 0 Å². The number of hydrogen-bond acceptors (Lipinski definition) is 1. The Morgan fingerprint density at radius 2 is 2.50 bits per heavy atom. The molecule has 0 rings (SSSR count). The Bertz CT molecular complexity index is 58.6. The van der Waals surface area contributed by atoms with Gasteiger partial charge in [0.1, 0.15) is 0 Å². The van der Waals surface area contributed by atoms with E-state index in [9.17, 15) is 0 Å². The zero-order valence-corrected chi connectivity index (χ0v) is 4.37. The molecule has 0 bridgehead atoms. The lowest BCUT2D eigenvalue weighted by atomic mass is 10.5.